The van der Waals surface area contributed by atoms with Gasteiger partial charge in [-0.1, -0.05) is 49.9 Å². The Kier molecular flexibility index (Phi) is 12.0. The molecule has 130 valence electrons. The van der Waals surface area contributed by atoms with Crippen molar-refractivity contribution in [3.05, 3.63) is 10.1 Å². The molecule has 2 unspecified atom stereocenters. The van der Waals surface area contributed by atoms with Crippen LogP contribution in [0.5, 0.6) is 0 Å². The zero-order valence-electron chi connectivity index (χ0n) is 12.8. The predicted octanol–water partition coefficient (Wildman–Crippen LogP) is 3.96. The molecule has 8 heteroatoms. The fourth-order valence-electron chi connectivity index (χ4n) is 2.08. The third kappa shape index (κ3) is 7.68. The van der Waals surface area contributed by atoms with Crippen LogP contribution in [0.1, 0.15) is 52.4 Å². The fourth-order valence-corrected chi connectivity index (χ4v) is 2.65. The SMILES string of the molecule is CCCC(CC(Cl)=C(Cl)CC(N)(CCC)C(=O)O)C(=O)O.Cl. The largest absolute Gasteiger partial charge is 0.481 e. The molecule has 0 saturated carbocycles. The van der Waals surface area contributed by atoms with E-state index in [4.69, 9.17) is 34.0 Å². The van der Waals surface area contributed by atoms with Crippen LogP contribution >= 0.6 is 35.6 Å². The van der Waals surface area contributed by atoms with Gasteiger partial charge < -0.3 is 15.9 Å². The van der Waals surface area contributed by atoms with Crippen molar-refractivity contribution >= 4 is 47.5 Å². The standard InChI is InChI=1S/C14H23Cl2NO4.ClH/c1-3-5-9(12(18)19)7-10(15)11(16)8-14(17,6-4-2)13(20)21;/h9H,3-8,17H2,1-2H3,(H,18,19)(H,20,21);1H. The second kappa shape index (κ2) is 11.1. The van der Waals surface area contributed by atoms with Gasteiger partial charge in [0.2, 0.25) is 0 Å². The van der Waals surface area contributed by atoms with E-state index in [2.05, 4.69) is 0 Å². The number of rotatable bonds is 10. The Bertz CT molecular complexity index is 415. The Morgan fingerprint density at radius 2 is 1.68 bits per heavy atom. The number of nitrogens with two attached hydrogens (primary N) is 1. The number of hydrogen-bond donors (Lipinski definition) is 3. The molecule has 0 heterocycles. The van der Waals surface area contributed by atoms with Gasteiger partial charge in [-0.15, -0.1) is 12.4 Å². The average molecular weight is 377 g/mol. The summed E-state index contributed by atoms with van der Waals surface area (Å²) in [5, 5.41) is 18.6. The van der Waals surface area contributed by atoms with E-state index in [1.54, 1.807) is 0 Å². The minimum atomic E-state index is -1.48. The van der Waals surface area contributed by atoms with Gasteiger partial charge in [0.1, 0.15) is 5.54 Å². The molecule has 5 nitrogen and oxygen atoms in total. The molecule has 0 aliphatic carbocycles. The molecule has 0 spiro atoms. The Balaban J connectivity index is 0. The van der Waals surface area contributed by atoms with Gasteiger partial charge >= 0.3 is 11.9 Å². The second-order valence-corrected chi connectivity index (χ2v) is 6.14. The maximum absolute atomic E-state index is 11.3. The third-order valence-corrected chi connectivity index (χ3v) is 4.14. The molecule has 0 amide bonds. The first-order valence-corrected chi connectivity index (χ1v) is 7.71. The minimum Gasteiger partial charge on any atom is -0.481 e. The molecule has 0 radical (unpaired) electrons. The lowest BCUT2D eigenvalue weighted by Gasteiger charge is -2.24. The van der Waals surface area contributed by atoms with Crippen LogP contribution in [0.25, 0.3) is 0 Å². The van der Waals surface area contributed by atoms with E-state index in [9.17, 15) is 14.7 Å². The zero-order chi connectivity index (χ0) is 16.6. The first kappa shape index (κ1) is 23.8. The van der Waals surface area contributed by atoms with Crippen LogP contribution in [0, 0.1) is 5.92 Å². The van der Waals surface area contributed by atoms with Crippen LogP contribution in [0.2, 0.25) is 0 Å². The monoisotopic (exact) mass is 375 g/mol. The molecular formula is C14H24Cl3NO4. The van der Waals surface area contributed by atoms with Crippen LogP contribution in [0.4, 0.5) is 0 Å². The van der Waals surface area contributed by atoms with Gasteiger partial charge in [0.05, 0.1) is 5.92 Å². The molecule has 0 aliphatic rings. The molecule has 0 fully saturated rings. The second-order valence-electron chi connectivity index (χ2n) is 5.23. The normalized spacial score (nSPS) is 16.0. The molecule has 0 aromatic rings. The lowest BCUT2D eigenvalue weighted by atomic mass is 9.90. The van der Waals surface area contributed by atoms with E-state index in [1.165, 1.54) is 0 Å². The van der Waals surface area contributed by atoms with Gasteiger partial charge in [0.15, 0.2) is 0 Å². The number of aliphatic carboxylic acids is 2. The number of carboxylic acids is 2. The van der Waals surface area contributed by atoms with Crippen LogP contribution in [0.3, 0.4) is 0 Å². The summed E-state index contributed by atoms with van der Waals surface area (Å²) in [4.78, 5) is 22.4. The van der Waals surface area contributed by atoms with Crippen molar-refractivity contribution in [2.24, 2.45) is 11.7 Å². The maximum Gasteiger partial charge on any atom is 0.324 e. The van der Waals surface area contributed by atoms with E-state index in [0.717, 1.165) is 0 Å². The Morgan fingerprint density at radius 1 is 1.14 bits per heavy atom. The molecular weight excluding hydrogens is 353 g/mol. The quantitative estimate of drug-likeness (QED) is 0.535. The Hall–Kier alpha value is -0.490. The Morgan fingerprint density at radius 3 is 2.05 bits per heavy atom. The van der Waals surface area contributed by atoms with Gasteiger partial charge in [-0.2, -0.15) is 0 Å². The van der Waals surface area contributed by atoms with Crippen molar-refractivity contribution in [3.8, 4) is 0 Å². The highest BCUT2D eigenvalue weighted by molar-refractivity contribution is 6.39. The molecule has 2 atom stereocenters. The van der Waals surface area contributed by atoms with E-state index >= 15 is 0 Å². The molecule has 0 aromatic heterocycles. The number of halogens is 3. The van der Waals surface area contributed by atoms with Crippen molar-refractivity contribution in [1.82, 2.24) is 0 Å². The topological polar surface area (TPSA) is 101 Å². The molecule has 0 bridgehead atoms. The number of hydrogen-bond acceptors (Lipinski definition) is 3. The fraction of sp³-hybridized carbons (Fsp3) is 0.714. The summed E-state index contributed by atoms with van der Waals surface area (Å²) in [6, 6.07) is 0. The van der Waals surface area contributed by atoms with E-state index in [0.29, 0.717) is 19.3 Å². The molecule has 0 rings (SSSR count). The predicted molar refractivity (Wildman–Crippen MR) is 90.7 cm³/mol. The van der Waals surface area contributed by atoms with Crippen LogP contribution in [-0.2, 0) is 9.59 Å². The van der Waals surface area contributed by atoms with Crippen molar-refractivity contribution in [3.63, 3.8) is 0 Å². The summed E-state index contributed by atoms with van der Waals surface area (Å²) in [6.07, 6.45) is 2.04. The average Bonchev–Trinajstić information content (AvgIpc) is 2.37. The molecule has 4 N–H and O–H groups in total. The molecule has 0 aromatic carbocycles. The summed E-state index contributed by atoms with van der Waals surface area (Å²) in [7, 11) is 0. The lowest BCUT2D eigenvalue weighted by Crippen LogP contribution is -2.48. The highest BCUT2D eigenvalue weighted by atomic mass is 35.5. The van der Waals surface area contributed by atoms with Crippen LogP contribution < -0.4 is 5.73 Å². The van der Waals surface area contributed by atoms with Gasteiger partial charge in [0, 0.05) is 16.5 Å². The molecule has 22 heavy (non-hydrogen) atoms. The number of carbonyl (C=O) groups is 2. The van der Waals surface area contributed by atoms with E-state index in [1.807, 2.05) is 13.8 Å². The van der Waals surface area contributed by atoms with Gasteiger partial charge in [-0.3, -0.25) is 9.59 Å². The summed E-state index contributed by atoms with van der Waals surface area (Å²) >= 11 is 12.1. The van der Waals surface area contributed by atoms with Crippen LogP contribution in [-0.4, -0.2) is 27.7 Å². The third-order valence-electron chi connectivity index (χ3n) is 3.30. The first-order chi connectivity index (χ1) is 9.67. The zero-order valence-corrected chi connectivity index (χ0v) is 15.1. The minimum absolute atomic E-state index is 0. The van der Waals surface area contributed by atoms with Gasteiger partial charge in [-0.05, 0) is 19.3 Å². The summed E-state index contributed by atoms with van der Waals surface area (Å²) < 4.78 is 0. The van der Waals surface area contributed by atoms with Gasteiger partial charge in [0.25, 0.3) is 0 Å². The van der Waals surface area contributed by atoms with Crippen molar-refractivity contribution < 1.29 is 19.8 Å². The summed E-state index contributed by atoms with van der Waals surface area (Å²) in [5.74, 6) is -2.71. The smallest absolute Gasteiger partial charge is 0.324 e. The van der Waals surface area contributed by atoms with E-state index < -0.39 is 23.4 Å². The number of carboxylic acid groups (broad SMARTS) is 2. The summed E-state index contributed by atoms with van der Waals surface area (Å²) in [5.41, 5.74) is 4.37. The maximum atomic E-state index is 11.3. The molecule has 0 saturated heterocycles. The van der Waals surface area contributed by atoms with Crippen molar-refractivity contribution in [1.29, 1.82) is 0 Å². The first-order valence-electron chi connectivity index (χ1n) is 6.96. The number of allylic oxidation sites excluding steroid dienone is 1. The van der Waals surface area contributed by atoms with Crippen molar-refractivity contribution in [2.75, 3.05) is 0 Å². The highest BCUT2D eigenvalue weighted by Crippen LogP contribution is 2.31. The Labute approximate surface area is 147 Å². The van der Waals surface area contributed by atoms with E-state index in [-0.39, 0.29) is 41.7 Å². The molecule has 0 aliphatic heterocycles. The van der Waals surface area contributed by atoms with Crippen LogP contribution in [0.15, 0.2) is 10.1 Å². The van der Waals surface area contributed by atoms with Crippen molar-refractivity contribution in [2.45, 2.75) is 57.9 Å². The van der Waals surface area contributed by atoms with Gasteiger partial charge in [-0.25, -0.2) is 0 Å². The summed E-state index contributed by atoms with van der Waals surface area (Å²) in [6.45, 7) is 3.71. The highest BCUT2D eigenvalue weighted by Gasteiger charge is 2.34. The lowest BCUT2D eigenvalue weighted by molar-refractivity contribution is -0.144.